The van der Waals surface area contributed by atoms with E-state index in [2.05, 4.69) is 48.5 Å². The van der Waals surface area contributed by atoms with Crippen LogP contribution in [0.4, 0.5) is 0 Å². The average molecular weight is 459 g/mol. The third-order valence-corrected chi connectivity index (χ3v) is 7.44. The Balaban J connectivity index is 0.00000120. The predicted octanol–water partition coefficient (Wildman–Crippen LogP) is 3.62. The molecule has 5 heterocycles. The first-order valence-electron chi connectivity index (χ1n) is 10.5. The second-order valence-corrected chi connectivity index (χ2v) is 9.27. The summed E-state index contributed by atoms with van der Waals surface area (Å²) in [7, 11) is 0. The number of aryl methyl sites for hydroxylation is 1. The minimum absolute atomic E-state index is 0. The molecular formula is C20H32Cl2N6S. The minimum atomic E-state index is 0. The van der Waals surface area contributed by atoms with Gasteiger partial charge < -0.3 is 14.8 Å². The normalized spacial score (nSPS) is 21.7. The van der Waals surface area contributed by atoms with Gasteiger partial charge in [0.25, 0.3) is 0 Å². The van der Waals surface area contributed by atoms with E-state index >= 15 is 0 Å². The lowest BCUT2D eigenvalue weighted by atomic mass is 10.0. The number of hydrogen-bond acceptors (Lipinski definition) is 5. The molecule has 0 atom stereocenters. The maximum Gasteiger partial charge on any atom is 0.160 e. The first kappa shape index (κ1) is 22.9. The van der Waals surface area contributed by atoms with E-state index in [0.717, 1.165) is 43.6 Å². The van der Waals surface area contributed by atoms with Gasteiger partial charge in [-0.1, -0.05) is 0 Å². The molecule has 2 aromatic heterocycles. The summed E-state index contributed by atoms with van der Waals surface area (Å²) in [4.78, 5) is 7.44. The zero-order chi connectivity index (χ0) is 18.1. The molecule has 3 aliphatic rings. The molecule has 0 saturated carbocycles. The van der Waals surface area contributed by atoms with Crippen molar-refractivity contribution in [2.24, 2.45) is 0 Å². The highest BCUT2D eigenvalue weighted by Gasteiger charge is 2.28. The van der Waals surface area contributed by atoms with E-state index in [1.54, 1.807) is 0 Å². The standard InChI is InChI=1S/C20H30N6S.2ClH/c1-6-21-15-18-14-19(23-26(18)8-1)20-22-7-11-25(20)17-2-9-24(10-3-17)16-4-12-27-13-5-16;;/h7,11,14,16-17,21H,1-6,8-10,12-13,15H2;2*1H. The topological polar surface area (TPSA) is 50.9 Å². The van der Waals surface area contributed by atoms with Crippen LogP contribution in [0, 0.1) is 0 Å². The molecule has 0 radical (unpaired) electrons. The SMILES string of the molecule is Cl.Cl.c1cn(C2CCN(C3CCSCC3)CC2)c(-c2cc3n(n2)CCCNC3)n1. The number of imidazole rings is 1. The van der Waals surface area contributed by atoms with Crippen LogP contribution in [0.3, 0.4) is 0 Å². The van der Waals surface area contributed by atoms with Gasteiger partial charge in [-0.05, 0) is 56.2 Å². The predicted molar refractivity (Wildman–Crippen MR) is 124 cm³/mol. The first-order chi connectivity index (χ1) is 13.4. The van der Waals surface area contributed by atoms with Crippen LogP contribution in [0.2, 0.25) is 0 Å². The van der Waals surface area contributed by atoms with Crippen molar-refractivity contribution in [3.8, 4) is 11.5 Å². The lowest BCUT2D eigenvalue weighted by molar-refractivity contribution is 0.128. The van der Waals surface area contributed by atoms with Crippen LogP contribution >= 0.6 is 36.6 Å². The number of aromatic nitrogens is 4. The van der Waals surface area contributed by atoms with Crippen LogP contribution < -0.4 is 5.32 Å². The molecule has 0 amide bonds. The van der Waals surface area contributed by atoms with Gasteiger partial charge in [-0.25, -0.2) is 4.98 Å². The van der Waals surface area contributed by atoms with Gasteiger partial charge in [-0.15, -0.1) is 24.8 Å². The van der Waals surface area contributed by atoms with Gasteiger partial charge in [0, 0.05) is 50.7 Å². The summed E-state index contributed by atoms with van der Waals surface area (Å²) in [5.74, 6) is 3.73. The van der Waals surface area contributed by atoms with Crippen molar-refractivity contribution in [1.29, 1.82) is 0 Å². The van der Waals surface area contributed by atoms with Crippen LogP contribution in [0.25, 0.3) is 11.5 Å². The number of piperidine rings is 1. The van der Waals surface area contributed by atoms with Crippen molar-refractivity contribution in [3.05, 3.63) is 24.2 Å². The number of thioether (sulfide) groups is 1. The lowest BCUT2D eigenvalue weighted by Gasteiger charge is -2.39. The molecule has 2 fully saturated rings. The van der Waals surface area contributed by atoms with Crippen molar-refractivity contribution in [2.45, 2.75) is 57.3 Å². The van der Waals surface area contributed by atoms with Crippen LogP contribution in [0.1, 0.15) is 43.8 Å². The molecule has 2 saturated heterocycles. The van der Waals surface area contributed by atoms with Gasteiger partial charge in [-0.2, -0.15) is 16.9 Å². The molecule has 3 aliphatic heterocycles. The fraction of sp³-hybridized carbons (Fsp3) is 0.700. The maximum absolute atomic E-state index is 4.88. The lowest BCUT2D eigenvalue weighted by Crippen LogP contribution is -2.43. The number of rotatable bonds is 3. The summed E-state index contributed by atoms with van der Waals surface area (Å²) < 4.78 is 4.56. The van der Waals surface area contributed by atoms with Crippen molar-refractivity contribution in [2.75, 3.05) is 31.1 Å². The second kappa shape index (κ2) is 10.5. The number of likely N-dealkylation sites (tertiary alicyclic amines) is 1. The smallest absolute Gasteiger partial charge is 0.160 e. The summed E-state index contributed by atoms with van der Waals surface area (Å²) in [6.07, 6.45) is 10.4. The molecule has 9 heteroatoms. The van der Waals surface area contributed by atoms with E-state index in [1.807, 2.05) is 6.20 Å². The summed E-state index contributed by atoms with van der Waals surface area (Å²) in [6, 6.07) is 3.61. The molecule has 5 rings (SSSR count). The van der Waals surface area contributed by atoms with Gasteiger partial charge in [0.05, 0.1) is 5.69 Å². The van der Waals surface area contributed by atoms with Crippen molar-refractivity contribution >= 4 is 36.6 Å². The Bertz CT molecular complexity index is 741. The maximum atomic E-state index is 4.88. The monoisotopic (exact) mass is 458 g/mol. The van der Waals surface area contributed by atoms with Gasteiger partial charge in [0.1, 0.15) is 5.69 Å². The number of nitrogens with one attached hydrogen (secondary N) is 1. The molecule has 0 aliphatic carbocycles. The molecule has 0 bridgehead atoms. The molecule has 6 nitrogen and oxygen atoms in total. The Labute approximate surface area is 190 Å². The quantitative estimate of drug-likeness (QED) is 0.760. The Kier molecular flexibility index (Phi) is 8.33. The fourth-order valence-corrected chi connectivity index (χ4v) is 5.94. The number of nitrogens with zero attached hydrogens (tertiary/aromatic N) is 5. The van der Waals surface area contributed by atoms with Crippen molar-refractivity contribution < 1.29 is 0 Å². The Morgan fingerprint density at radius 3 is 2.59 bits per heavy atom. The highest BCUT2D eigenvalue weighted by molar-refractivity contribution is 7.99. The van der Waals surface area contributed by atoms with E-state index in [0.29, 0.717) is 6.04 Å². The van der Waals surface area contributed by atoms with Crippen LogP contribution in [0.15, 0.2) is 18.5 Å². The van der Waals surface area contributed by atoms with E-state index in [1.165, 1.54) is 56.0 Å². The molecule has 1 N–H and O–H groups in total. The number of fused-ring (bicyclic) bond motifs is 1. The summed E-state index contributed by atoms with van der Waals surface area (Å²) in [5.41, 5.74) is 2.31. The first-order valence-corrected chi connectivity index (χ1v) is 11.7. The zero-order valence-corrected chi connectivity index (χ0v) is 19.3. The summed E-state index contributed by atoms with van der Waals surface area (Å²) >= 11 is 2.12. The molecule has 2 aromatic rings. The second-order valence-electron chi connectivity index (χ2n) is 8.04. The Morgan fingerprint density at radius 2 is 1.79 bits per heavy atom. The summed E-state index contributed by atoms with van der Waals surface area (Å²) in [6.45, 7) is 5.43. The molecular weight excluding hydrogens is 427 g/mol. The van der Waals surface area contributed by atoms with Gasteiger partial charge in [-0.3, -0.25) is 4.68 Å². The van der Waals surface area contributed by atoms with E-state index in [9.17, 15) is 0 Å². The number of hydrogen-bond donors (Lipinski definition) is 1. The van der Waals surface area contributed by atoms with E-state index < -0.39 is 0 Å². The number of halogens is 2. The van der Waals surface area contributed by atoms with Crippen molar-refractivity contribution in [1.82, 2.24) is 29.5 Å². The van der Waals surface area contributed by atoms with Gasteiger partial charge in [0.15, 0.2) is 5.82 Å². The Hall–Kier alpha value is -0.730. The molecule has 0 spiro atoms. The van der Waals surface area contributed by atoms with Crippen molar-refractivity contribution in [3.63, 3.8) is 0 Å². The summed E-state index contributed by atoms with van der Waals surface area (Å²) in [5, 5.41) is 8.36. The average Bonchev–Trinajstić information content (AvgIpc) is 3.31. The molecule has 0 unspecified atom stereocenters. The van der Waals surface area contributed by atoms with Crippen LogP contribution in [-0.4, -0.2) is 61.4 Å². The van der Waals surface area contributed by atoms with E-state index in [-0.39, 0.29) is 24.8 Å². The largest absolute Gasteiger partial charge is 0.326 e. The third kappa shape index (κ3) is 4.96. The van der Waals surface area contributed by atoms with Gasteiger partial charge >= 0.3 is 0 Å². The van der Waals surface area contributed by atoms with Crippen LogP contribution in [-0.2, 0) is 13.1 Å². The molecule has 29 heavy (non-hydrogen) atoms. The highest BCUT2D eigenvalue weighted by Crippen LogP contribution is 2.31. The van der Waals surface area contributed by atoms with E-state index in [4.69, 9.17) is 5.10 Å². The molecule has 0 aromatic carbocycles. The molecule has 162 valence electrons. The zero-order valence-electron chi connectivity index (χ0n) is 16.8. The fourth-order valence-electron chi connectivity index (χ4n) is 4.86. The Morgan fingerprint density at radius 1 is 1.00 bits per heavy atom. The highest BCUT2D eigenvalue weighted by atomic mass is 35.5. The van der Waals surface area contributed by atoms with Crippen LogP contribution in [0.5, 0.6) is 0 Å². The minimum Gasteiger partial charge on any atom is -0.326 e. The third-order valence-electron chi connectivity index (χ3n) is 6.39. The van der Waals surface area contributed by atoms with Gasteiger partial charge in [0.2, 0.25) is 0 Å².